The highest BCUT2D eigenvalue weighted by Crippen LogP contribution is 2.68. The molecular weight excluding hydrogens is 225 g/mol. The molecule has 0 aromatic carbocycles. The molecule has 0 amide bonds. The zero-order chi connectivity index (χ0) is 6.11. The number of nitrogens with zero attached hydrogens (tertiary/aromatic N) is 1. The second kappa shape index (κ2) is 1.16. The summed E-state index contributed by atoms with van der Waals surface area (Å²) in [5.74, 6) is 0. The highest BCUT2D eigenvalue weighted by atomic mass is 127. The van der Waals surface area contributed by atoms with Gasteiger partial charge in [0.1, 0.15) is 0 Å². The van der Waals surface area contributed by atoms with Gasteiger partial charge in [0.2, 0.25) is 0 Å². The van der Waals surface area contributed by atoms with Crippen molar-refractivity contribution < 1.29 is 0 Å². The molecule has 1 nitrogen and oxygen atoms in total. The van der Waals surface area contributed by atoms with E-state index in [0.717, 1.165) is 3.42 Å². The molecule has 2 atom stereocenters. The summed E-state index contributed by atoms with van der Waals surface area (Å²) in [6, 6.07) is 0. The van der Waals surface area contributed by atoms with Crippen molar-refractivity contribution in [2.24, 2.45) is 0 Å². The molecular formula is C7H10IN. The van der Waals surface area contributed by atoms with E-state index in [0.29, 0.717) is 26.3 Å². The summed E-state index contributed by atoms with van der Waals surface area (Å²) >= 11 is 0.509. The number of fused-ring (bicyclic) bond motifs is 1. The van der Waals surface area contributed by atoms with Crippen LogP contribution in [0.15, 0.2) is 0 Å². The molecule has 2 fully saturated rings. The lowest BCUT2D eigenvalue weighted by Crippen LogP contribution is -2.35. The third-order valence-corrected chi connectivity index (χ3v) is 6.90. The van der Waals surface area contributed by atoms with E-state index in [2.05, 4.69) is 15.8 Å². The number of alkyl halides is 1. The Hall–Kier alpha value is 0.560. The maximum atomic E-state index is 2.64. The Morgan fingerprint density at radius 3 is 2.44 bits per heavy atom. The van der Waals surface area contributed by atoms with Gasteiger partial charge in [0.15, 0.2) is 0 Å². The number of halogens is 1. The first-order chi connectivity index (χ1) is 4.27. The van der Waals surface area contributed by atoms with E-state index in [9.17, 15) is 0 Å². The van der Waals surface area contributed by atoms with Gasteiger partial charge in [-0.15, -0.1) is 20.7 Å². The highest BCUT2D eigenvalue weighted by Gasteiger charge is 2.72. The van der Waals surface area contributed by atoms with Crippen LogP contribution in [-0.2, 0) is 0 Å². The molecule has 0 aromatic heterocycles. The zero-order valence-corrected chi connectivity index (χ0v) is 7.68. The first-order valence-corrected chi connectivity index (χ1v) is 5.83. The Morgan fingerprint density at radius 2 is 2.33 bits per heavy atom. The smallest absolute Gasteiger partial charge is 0.0598 e. The summed E-state index contributed by atoms with van der Waals surface area (Å²) in [4.78, 5) is 2.64. The van der Waals surface area contributed by atoms with Crippen molar-refractivity contribution in [2.45, 2.75) is 22.3 Å². The van der Waals surface area contributed by atoms with Crippen LogP contribution in [-0.4, -0.2) is 31.0 Å². The van der Waals surface area contributed by atoms with Crippen molar-refractivity contribution in [3.8, 4) is 0 Å². The normalized spacial score (nSPS) is 61.4. The fourth-order valence-electron chi connectivity index (χ4n) is 1.87. The van der Waals surface area contributed by atoms with Gasteiger partial charge in [0.05, 0.1) is 5.54 Å². The van der Waals surface area contributed by atoms with Gasteiger partial charge in [-0.25, -0.2) is 0 Å². The Labute approximate surface area is 65.2 Å². The lowest BCUT2D eigenvalue weighted by molar-refractivity contribution is 0.473. The van der Waals surface area contributed by atoms with Crippen molar-refractivity contribution in [3.63, 3.8) is 0 Å². The molecule has 0 spiro atoms. The van der Waals surface area contributed by atoms with Crippen LogP contribution in [0.1, 0.15) is 13.3 Å². The minimum Gasteiger partial charge on any atom is -0.290 e. The average molecular weight is 235 g/mol. The monoisotopic (exact) mass is 235 g/mol. The molecule has 3 aliphatic rings. The molecule has 1 aliphatic carbocycles. The van der Waals surface area contributed by atoms with E-state index in [1.165, 1.54) is 19.5 Å². The number of rotatable bonds is 1. The lowest BCUT2D eigenvalue weighted by Gasteiger charge is -2.24. The van der Waals surface area contributed by atoms with Crippen LogP contribution in [0.4, 0.5) is 0 Å². The molecule has 3 rings (SSSR count). The molecule has 2 unspecified atom stereocenters. The summed E-state index contributed by atoms with van der Waals surface area (Å²) in [7, 11) is 0. The SMILES string of the molecule is CC12CC1(N1CC1)C=I2. The average Bonchev–Trinajstić information content (AvgIpc) is 2.66. The molecule has 0 radical (unpaired) electrons. The second-order valence-corrected chi connectivity index (χ2v) is 7.13. The highest BCUT2D eigenvalue weighted by molar-refractivity contribution is 14.2. The Kier molecular flexibility index (Phi) is 0.674. The largest absolute Gasteiger partial charge is 0.290 e. The summed E-state index contributed by atoms with van der Waals surface area (Å²) in [6.07, 6.45) is 1.51. The van der Waals surface area contributed by atoms with Gasteiger partial charge in [-0.05, 0) is 17.4 Å². The predicted molar refractivity (Wildman–Crippen MR) is 47.4 cm³/mol. The van der Waals surface area contributed by atoms with Gasteiger partial charge in [-0.3, -0.25) is 4.90 Å². The van der Waals surface area contributed by atoms with Crippen molar-refractivity contribution >= 4 is 24.7 Å². The van der Waals surface area contributed by atoms with Crippen LogP contribution in [0.2, 0.25) is 0 Å². The van der Waals surface area contributed by atoms with Crippen LogP contribution in [0.25, 0.3) is 0 Å². The number of hydrogen-bond acceptors (Lipinski definition) is 1. The summed E-state index contributed by atoms with van der Waals surface area (Å²) in [6.45, 7) is 5.24. The second-order valence-electron chi connectivity index (χ2n) is 3.50. The molecule has 2 heterocycles. The third-order valence-electron chi connectivity index (χ3n) is 2.87. The molecule has 9 heavy (non-hydrogen) atoms. The maximum Gasteiger partial charge on any atom is 0.0598 e. The molecule has 1 saturated carbocycles. The third kappa shape index (κ3) is 0.422. The van der Waals surface area contributed by atoms with E-state index < -0.39 is 0 Å². The van der Waals surface area contributed by atoms with Gasteiger partial charge < -0.3 is 0 Å². The van der Waals surface area contributed by atoms with Gasteiger partial charge >= 0.3 is 0 Å². The van der Waals surface area contributed by atoms with Crippen LogP contribution in [0.5, 0.6) is 0 Å². The van der Waals surface area contributed by atoms with E-state index in [1.54, 1.807) is 0 Å². The van der Waals surface area contributed by atoms with Crippen LogP contribution in [0.3, 0.4) is 0 Å². The van der Waals surface area contributed by atoms with E-state index in [1.807, 2.05) is 0 Å². The quantitative estimate of drug-likeness (QED) is 0.372. The van der Waals surface area contributed by atoms with Gasteiger partial charge in [-0.1, -0.05) is 0 Å². The van der Waals surface area contributed by atoms with E-state index in [4.69, 9.17) is 0 Å². The predicted octanol–water partition coefficient (Wildman–Crippen LogP) is 0.990. The van der Waals surface area contributed by atoms with Crippen LogP contribution >= 0.6 is 20.7 Å². The van der Waals surface area contributed by atoms with Crippen molar-refractivity contribution in [2.75, 3.05) is 13.1 Å². The first-order valence-electron chi connectivity index (χ1n) is 3.51. The molecule has 0 N–H and O–H groups in total. The molecule has 0 aromatic rings. The van der Waals surface area contributed by atoms with E-state index in [-0.39, 0.29) is 0 Å². The van der Waals surface area contributed by atoms with Gasteiger partial charge in [0, 0.05) is 16.5 Å². The minimum atomic E-state index is 0.509. The minimum absolute atomic E-state index is 0.509. The Bertz CT molecular complexity index is 209. The van der Waals surface area contributed by atoms with Gasteiger partial charge in [0.25, 0.3) is 0 Å². The summed E-state index contributed by atoms with van der Waals surface area (Å²) in [5.41, 5.74) is 0.695. The van der Waals surface area contributed by atoms with Crippen molar-refractivity contribution in [1.82, 2.24) is 4.90 Å². The summed E-state index contributed by atoms with van der Waals surface area (Å²) < 4.78 is 3.47. The summed E-state index contributed by atoms with van der Waals surface area (Å²) in [5, 5.41) is 0. The van der Waals surface area contributed by atoms with E-state index >= 15 is 0 Å². The standard InChI is InChI=1S/C7H10IN/c1-6-4-7(6,5-8-6)9-2-3-9/h5H,2-4H2,1H3. The molecule has 2 heteroatoms. The van der Waals surface area contributed by atoms with Crippen molar-refractivity contribution in [1.29, 1.82) is 0 Å². The lowest BCUT2D eigenvalue weighted by atomic mass is 10.2. The fraction of sp³-hybridized carbons (Fsp3) is 0.857. The van der Waals surface area contributed by atoms with Crippen LogP contribution < -0.4 is 0 Å². The molecule has 0 bridgehead atoms. The Morgan fingerprint density at radius 1 is 1.56 bits per heavy atom. The molecule has 1 saturated heterocycles. The Balaban J connectivity index is 2.00. The molecule has 2 aliphatic heterocycles. The maximum absolute atomic E-state index is 2.64. The first kappa shape index (κ1) is 5.24. The van der Waals surface area contributed by atoms with Gasteiger partial charge in [-0.2, -0.15) is 0 Å². The molecule has 50 valence electrons. The van der Waals surface area contributed by atoms with Crippen molar-refractivity contribution in [3.05, 3.63) is 0 Å². The fourth-order valence-corrected chi connectivity index (χ4v) is 5.72. The zero-order valence-electron chi connectivity index (χ0n) is 5.52. The topological polar surface area (TPSA) is 3.01 Å². The number of hydrogen-bond donors (Lipinski definition) is 0. The van der Waals surface area contributed by atoms with Crippen LogP contribution in [0, 0.1) is 0 Å².